The van der Waals surface area contributed by atoms with Crippen LogP contribution in [0.1, 0.15) is 15.9 Å². The third kappa shape index (κ3) is 4.13. The SMILES string of the molecule is O=C(N/N=C/c1c(-c2ccccc2)n(-c2ccccc2)c2ccccc12)c1cc2ccccc2cc1O. The summed E-state index contributed by atoms with van der Waals surface area (Å²) in [7, 11) is 0. The highest BCUT2D eigenvalue weighted by Crippen LogP contribution is 2.35. The molecule has 1 heterocycles. The fourth-order valence-electron chi connectivity index (χ4n) is 4.75. The Morgan fingerprint density at radius 3 is 2.14 bits per heavy atom. The van der Waals surface area contributed by atoms with Crippen LogP contribution in [0.4, 0.5) is 0 Å². The molecule has 2 N–H and O–H groups in total. The number of carbonyl (C=O) groups is 1. The Hall–Kier alpha value is -5.16. The lowest BCUT2D eigenvalue weighted by Crippen LogP contribution is -2.17. The van der Waals surface area contributed by atoms with E-state index >= 15 is 0 Å². The second kappa shape index (κ2) is 9.47. The lowest BCUT2D eigenvalue weighted by molar-refractivity contribution is 0.0952. The molecular formula is C32H23N3O2. The van der Waals surface area contributed by atoms with E-state index in [4.69, 9.17) is 0 Å². The lowest BCUT2D eigenvalue weighted by atomic mass is 10.1. The van der Waals surface area contributed by atoms with Crippen molar-refractivity contribution in [1.29, 1.82) is 0 Å². The summed E-state index contributed by atoms with van der Waals surface area (Å²) in [6.07, 6.45) is 1.68. The number of para-hydroxylation sites is 2. The van der Waals surface area contributed by atoms with Crippen LogP contribution in [0.3, 0.4) is 0 Å². The van der Waals surface area contributed by atoms with Crippen molar-refractivity contribution in [3.05, 3.63) is 132 Å². The first-order chi connectivity index (χ1) is 18.2. The number of amides is 1. The maximum Gasteiger partial charge on any atom is 0.275 e. The summed E-state index contributed by atoms with van der Waals surface area (Å²) >= 11 is 0. The molecule has 5 aromatic carbocycles. The van der Waals surface area contributed by atoms with Crippen molar-refractivity contribution in [2.24, 2.45) is 5.10 Å². The fraction of sp³-hybridized carbons (Fsp3) is 0. The Morgan fingerprint density at radius 1 is 0.757 bits per heavy atom. The molecule has 1 aromatic heterocycles. The van der Waals surface area contributed by atoms with Crippen LogP contribution in [0.25, 0.3) is 38.6 Å². The number of fused-ring (bicyclic) bond motifs is 2. The Morgan fingerprint density at radius 2 is 1.38 bits per heavy atom. The number of hydrazone groups is 1. The van der Waals surface area contributed by atoms with Gasteiger partial charge in [-0.05, 0) is 46.7 Å². The summed E-state index contributed by atoms with van der Waals surface area (Å²) in [5, 5.41) is 17.5. The van der Waals surface area contributed by atoms with E-state index in [0.29, 0.717) is 0 Å². The Bertz CT molecular complexity index is 1770. The van der Waals surface area contributed by atoms with Crippen molar-refractivity contribution >= 4 is 33.8 Å². The highest BCUT2D eigenvalue weighted by atomic mass is 16.3. The van der Waals surface area contributed by atoms with E-state index in [2.05, 4.69) is 51.5 Å². The molecule has 0 aliphatic carbocycles. The molecular weight excluding hydrogens is 458 g/mol. The third-order valence-corrected chi connectivity index (χ3v) is 6.44. The summed E-state index contributed by atoms with van der Waals surface area (Å²) < 4.78 is 2.21. The normalized spacial score (nSPS) is 11.4. The maximum atomic E-state index is 13.0. The fourth-order valence-corrected chi connectivity index (χ4v) is 4.75. The number of carbonyl (C=O) groups excluding carboxylic acids is 1. The molecule has 37 heavy (non-hydrogen) atoms. The maximum absolute atomic E-state index is 13.0. The van der Waals surface area contributed by atoms with Gasteiger partial charge in [0.2, 0.25) is 0 Å². The van der Waals surface area contributed by atoms with Gasteiger partial charge in [-0.2, -0.15) is 5.10 Å². The predicted molar refractivity (Wildman–Crippen MR) is 149 cm³/mol. The van der Waals surface area contributed by atoms with Crippen molar-refractivity contribution in [2.45, 2.75) is 0 Å². The van der Waals surface area contributed by atoms with Crippen LogP contribution in [-0.2, 0) is 0 Å². The van der Waals surface area contributed by atoms with Crippen molar-refractivity contribution in [3.63, 3.8) is 0 Å². The standard InChI is InChI=1S/C32H23N3O2/c36-30-20-24-14-8-7-13-23(24)19-27(30)32(37)34-33-21-28-26-17-9-10-18-29(26)35(25-15-5-2-6-16-25)31(28)22-11-3-1-4-12-22/h1-21,36H,(H,34,37)/b33-21+. The molecule has 1 amide bonds. The first-order valence-corrected chi connectivity index (χ1v) is 12.0. The second-order valence-electron chi connectivity index (χ2n) is 8.73. The number of phenols is 1. The summed E-state index contributed by atoms with van der Waals surface area (Å²) in [4.78, 5) is 13.0. The average molecular weight is 482 g/mol. The van der Waals surface area contributed by atoms with Crippen molar-refractivity contribution in [2.75, 3.05) is 0 Å². The topological polar surface area (TPSA) is 66.6 Å². The first-order valence-electron chi connectivity index (χ1n) is 12.0. The molecule has 6 rings (SSSR count). The van der Waals surface area contributed by atoms with Crippen LogP contribution in [0, 0.1) is 0 Å². The van der Waals surface area contributed by atoms with E-state index < -0.39 is 5.91 Å². The Labute approximate surface area is 213 Å². The first kappa shape index (κ1) is 22.3. The minimum Gasteiger partial charge on any atom is -0.507 e. The van der Waals surface area contributed by atoms with Crippen LogP contribution in [0.2, 0.25) is 0 Å². The third-order valence-electron chi connectivity index (χ3n) is 6.44. The highest BCUT2D eigenvalue weighted by molar-refractivity contribution is 6.08. The molecule has 0 saturated carbocycles. The summed E-state index contributed by atoms with van der Waals surface area (Å²) in [6.45, 7) is 0. The molecule has 0 atom stereocenters. The summed E-state index contributed by atoms with van der Waals surface area (Å²) in [5.74, 6) is -0.565. The van der Waals surface area contributed by atoms with E-state index in [1.807, 2.05) is 72.8 Å². The smallest absolute Gasteiger partial charge is 0.275 e. The molecule has 0 aliphatic rings. The summed E-state index contributed by atoms with van der Waals surface area (Å²) in [6, 6.07) is 39.3. The van der Waals surface area contributed by atoms with Gasteiger partial charge in [0.05, 0.1) is 23.0 Å². The van der Waals surface area contributed by atoms with Crippen molar-refractivity contribution in [1.82, 2.24) is 9.99 Å². The van der Waals surface area contributed by atoms with Gasteiger partial charge in [0, 0.05) is 16.6 Å². The van der Waals surface area contributed by atoms with Gasteiger partial charge in [0.25, 0.3) is 5.91 Å². The minimum atomic E-state index is -0.479. The molecule has 0 spiro atoms. The van der Waals surface area contributed by atoms with Gasteiger partial charge < -0.3 is 9.67 Å². The van der Waals surface area contributed by atoms with Crippen LogP contribution in [0.5, 0.6) is 5.75 Å². The quantitative estimate of drug-likeness (QED) is 0.207. The van der Waals surface area contributed by atoms with Gasteiger partial charge in [0.1, 0.15) is 5.75 Å². The number of rotatable bonds is 5. The van der Waals surface area contributed by atoms with E-state index in [9.17, 15) is 9.90 Å². The number of aromatic nitrogens is 1. The molecule has 0 radical (unpaired) electrons. The van der Waals surface area contributed by atoms with Gasteiger partial charge >= 0.3 is 0 Å². The number of aromatic hydroxyl groups is 1. The van der Waals surface area contributed by atoms with Gasteiger partial charge in [-0.3, -0.25) is 4.79 Å². The zero-order valence-corrected chi connectivity index (χ0v) is 19.9. The van der Waals surface area contributed by atoms with Crippen LogP contribution in [0.15, 0.2) is 126 Å². The number of phenolic OH excluding ortho intramolecular Hbond substituents is 1. The zero-order chi connectivity index (χ0) is 25.2. The van der Waals surface area contributed by atoms with Gasteiger partial charge in [-0.1, -0.05) is 91.0 Å². The number of nitrogens with one attached hydrogen (secondary N) is 1. The van der Waals surface area contributed by atoms with E-state index in [1.54, 1.807) is 18.3 Å². The molecule has 6 aromatic rings. The molecule has 0 unspecified atom stereocenters. The number of hydrogen-bond donors (Lipinski definition) is 2. The monoisotopic (exact) mass is 481 g/mol. The predicted octanol–water partition coefficient (Wildman–Crippen LogP) is 6.92. The summed E-state index contributed by atoms with van der Waals surface area (Å²) in [5.41, 5.74) is 7.73. The molecule has 0 aliphatic heterocycles. The van der Waals surface area contributed by atoms with Crippen LogP contribution >= 0.6 is 0 Å². The Balaban J connectivity index is 1.44. The van der Waals surface area contributed by atoms with E-state index in [1.165, 1.54) is 0 Å². The number of nitrogens with zero attached hydrogens (tertiary/aromatic N) is 2. The van der Waals surface area contributed by atoms with E-state index in [-0.39, 0.29) is 11.3 Å². The highest BCUT2D eigenvalue weighted by Gasteiger charge is 2.19. The minimum absolute atomic E-state index is 0.0861. The largest absolute Gasteiger partial charge is 0.507 e. The molecule has 5 nitrogen and oxygen atoms in total. The number of hydrogen-bond acceptors (Lipinski definition) is 3. The lowest BCUT2D eigenvalue weighted by Gasteiger charge is -2.12. The van der Waals surface area contributed by atoms with Crippen molar-refractivity contribution in [3.8, 4) is 22.7 Å². The molecule has 0 fully saturated rings. The number of benzene rings is 5. The van der Waals surface area contributed by atoms with E-state index in [0.717, 1.165) is 44.2 Å². The average Bonchev–Trinajstić information content (AvgIpc) is 3.28. The molecule has 0 saturated heterocycles. The van der Waals surface area contributed by atoms with Crippen molar-refractivity contribution < 1.29 is 9.90 Å². The van der Waals surface area contributed by atoms with Gasteiger partial charge in [-0.15, -0.1) is 0 Å². The zero-order valence-electron chi connectivity index (χ0n) is 19.9. The second-order valence-corrected chi connectivity index (χ2v) is 8.73. The molecule has 0 bridgehead atoms. The Kier molecular flexibility index (Phi) is 5.71. The molecule has 178 valence electrons. The van der Waals surface area contributed by atoms with Crippen LogP contribution in [-0.4, -0.2) is 21.8 Å². The van der Waals surface area contributed by atoms with Gasteiger partial charge in [0.15, 0.2) is 0 Å². The molecule has 5 heteroatoms. The van der Waals surface area contributed by atoms with Gasteiger partial charge in [-0.25, -0.2) is 5.43 Å². The van der Waals surface area contributed by atoms with Crippen LogP contribution < -0.4 is 5.43 Å².